The summed E-state index contributed by atoms with van der Waals surface area (Å²) in [6.45, 7) is 2.50. The van der Waals surface area contributed by atoms with Crippen molar-refractivity contribution in [3.05, 3.63) is 59.0 Å². The maximum Gasteiger partial charge on any atom is 0.270 e. The summed E-state index contributed by atoms with van der Waals surface area (Å²) < 4.78 is 11.3. The Hall–Kier alpha value is -2.31. The van der Waals surface area contributed by atoms with Gasteiger partial charge < -0.3 is 9.47 Å². The fourth-order valence-corrected chi connectivity index (χ4v) is 3.74. The lowest BCUT2D eigenvalue weighted by atomic mass is 10.2. The predicted molar refractivity (Wildman–Crippen MR) is 106 cm³/mol. The number of carbonyl (C=O) groups is 1. The molecule has 1 aliphatic heterocycles. The lowest BCUT2D eigenvalue weighted by Gasteiger charge is -2.14. The second-order valence-electron chi connectivity index (χ2n) is 5.19. The first kappa shape index (κ1) is 17.5. The molecule has 1 aliphatic rings. The summed E-state index contributed by atoms with van der Waals surface area (Å²) in [5.41, 5.74) is 1.59. The van der Waals surface area contributed by atoms with Crippen molar-refractivity contribution in [1.82, 2.24) is 0 Å². The molecule has 3 rings (SSSR count). The fraction of sp³-hybridized carbons (Fsp3) is 0.158. The smallest absolute Gasteiger partial charge is 0.270 e. The average Bonchev–Trinajstić information content (AvgIpc) is 2.90. The lowest BCUT2D eigenvalue weighted by molar-refractivity contribution is -0.113. The van der Waals surface area contributed by atoms with E-state index in [1.807, 2.05) is 61.5 Å². The number of methoxy groups -OCH3 is 1. The first-order valence-corrected chi connectivity index (χ1v) is 9.00. The van der Waals surface area contributed by atoms with Gasteiger partial charge in [0.1, 0.15) is 11.5 Å². The normalized spacial score (nSPS) is 15.8. The third-order valence-corrected chi connectivity index (χ3v) is 4.93. The molecule has 0 aromatic heterocycles. The second kappa shape index (κ2) is 7.72. The molecular formula is C19H17NO3S2. The summed E-state index contributed by atoms with van der Waals surface area (Å²) in [6, 6.07) is 14.9. The number of rotatable bonds is 5. The maximum absolute atomic E-state index is 12.8. The molecule has 6 heteroatoms. The molecule has 4 nitrogen and oxygen atoms in total. The molecule has 0 N–H and O–H groups in total. The van der Waals surface area contributed by atoms with E-state index in [1.165, 1.54) is 16.7 Å². The molecular weight excluding hydrogens is 354 g/mol. The van der Waals surface area contributed by atoms with Crippen LogP contribution in [0.15, 0.2) is 53.4 Å². The molecule has 25 heavy (non-hydrogen) atoms. The van der Waals surface area contributed by atoms with Crippen LogP contribution in [0.3, 0.4) is 0 Å². The van der Waals surface area contributed by atoms with Crippen LogP contribution in [0.5, 0.6) is 11.5 Å². The van der Waals surface area contributed by atoms with Crippen LogP contribution in [0, 0.1) is 0 Å². The van der Waals surface area contributed by atoms with Gasteiger partial charge in [-0.05, 0) is 43.3 Å². The van der Waals surface area contributed by atoms with Crippen molar-refractivity contribution in [2.45, 2.75) is 6.92 Å². The number of para-hydroxylation sites is 1. The summed E-state index contributed by atoms with van der Waals surface area (Å²) in [7, 11) is 1.60. The first-order chi connectivity index (χ1) is 12.1. The number of hydrogen-bond acceptors (Lipinski definition) is 5. The zero-order valence-electron chi connectivity index (χ0n) is 13.9. The van der Waals surface area contributed by atoms with E-state index in [4.69, 9.17) is 21.7 Å². The molecule has 1 heterocycles. The van der Waals surface area contributed by atoms with E-state index >= 15 is 0 Å². The van der Waals surface area contributed by atoms with E-state index in [0.29, 0.717) is 15.8 Å². The van der Waals surface area contributed by atoms with Crippen LogP contribution in [0.4, 0.5) is 5.69 Å². The van der Waals surface area contributed by atoms with Crippen LogP contribution in [-0.2, 0) is 4.79 Å². The zero-order valence-corrected chi connectivity index (χ0v) is 15.5. The number of amides is 1. The minimum atomic E-state index is -0.133. The molecule has 0 saturated carbocycles. The van der Waals surface area contributed by atoms with Gasteiger partial charge >= 0.3 is 0 Å². The molecule has 128 valence electrons. The van der Waals surface area contributed by atoms with Crippen molar-refractivity contribution in [1.29, 1.82) is 0 Å². The van der Waals surface area contributed by atoms with E-state index in [2.05, 4.69) is 0 Å². The summed E-state index contributed by atoms with van der Waals surface area (Å²) in [5.74, 6) is 1.35. The molecule has 0 spiro atoms. The van der Waals surface area contributed by atoms with Crippen LogP contribution in [0.1, 0.15) is 12.5 Å². The lowest BCUT2D eigenvalue weighted by Crippen LogP contribution is -2.27. The monoisotopic (exact) mass is 371 g/mol. The van der Waals surface area contributed by atoms with Gasteiger partial charge in [0.05, 0.1) is 24.3 Å². The molecule has 1 saturated heterocycles. The van der Waals surface area contributed by atoms with Gasteiger partial charge in [0.2, 0.25) is 0 Å². The van der Waals surface area contributed by atoms with Gasteiger partial charge in [-0.3, -0.25) is 9.69 Å². The number of thioether (sulfide) groups is 1. The van der Waals surface area contributed by atoms with E-state index < -0.39 is 0 Å². The summed E-state index contributed by atoms with van der Waals surface area (Å²) in [6.07, 6.45) is 1.83. The molecule has 1 amide bonds. The fourth-order valence-electron chi connectivity index (χ4n) is 2.45. The number of carbonyl (C=O) groups excluding carboxylic acids is 1. The largest absolute Gasteiger partial charge is 0.497 e. The highest BCUT2D eigenvalue weighted by Gasteiger charge is 2.33. The summed E-state index contributed by atoms with van der Waals surface area (Å²) >= 11 is 6.69. The molecule has 0 radical (unpaired) electrons. The highest BCUT2D eigenvalue weighted by atomic mass is 32.2. The molecule has 0 bridgehead atoms. The number of nitrogens with zero attached hydrogens (tertiary/aromatic N) is 1. The van der Waals surface area contributed by atoms with Crippen molar-refractivity contribution < 1.29 is 14.3 Å². The van der Waals surface area contributed by atoms with Gasteiger partial charge in [-0.25, -0.2) is 0 Å². The topological polar surface area (TPSA) is 38.8 Å². The van der Waals surface area contributed by atoms with Gasteiger partial charge in [-0.1, -0.05) is 42.2 Å². The maximum atomic E-state index is 12.8. The molecule has 0 aliphatic carbocycles. The highest BCUT2D eigenvalue weighted by Crippen LogP contribution is 2.37. The van der Waals surface area contributed by atoms with Gasteiger partial charge in [0, 0.05) is 5.56 Å². The number of thiocarbonyl (C=S) groups is 1. The van der Waals surface area contributed by atoms with Gasteiger partial charge in [0.15, 0.2) is 4.32 Å². The quantitative estimate of drug-likeness (QED) is 0.572. The van der Waals surface area contributed by atoms with E-state index in [0.717, 1.165) is 22.7 Å². The Morgan fingerprint density at radius 3 is 2.56 bits per heavy atom. The number of anilines is 1. The van der Waals surface area contributed by atoms with E-state index in [-0.39, 0.29) is 5.91 Å². The Morgan fingerprint density at radius 2 is 1.88 bits per heavy atom. The Bertz CT molecular complexity index is 831. The molecule has 0 atom stereocenters. The number of ether oxygens (including phenoxy) is 2. The van der Waals surface area contributed by atoms with E-state index in [1.54, 1.807) is 7.11 Å². The van der Waals surface area contributed by atoms with Gasteiger partial charge in [-0.2, -0.15) is 0 Å². The Morgan fingerprint density at radius 1 is 1.16 bits per heavy atom. The predicted octanol–water partition coefficient (Wildman–Crippen LogP) is 4.50. The van der Waals surface area contributed by atoms with Gasteiger partial charge in [0.25, 0.3) is 5.91 Å². The van der Waals surface area contributed by atoms with Crippen molar-refractivity contribution in [3.63, 3.8) is 0 Å². The first-order valence-electron chi connectivity index (χ1n) is 7.78. The van der Waals surface area contributed by atoms with Crippen molar-refractivity contribution in [2.75, 3.05) is 18.6 Å². The standard InChI is InChI=1S/C19H17NO3S2/c1-3-23-16-7-5-4-6-13(16)12-17-18(21)20(19(24)25-17)14-8-10-15(22-2)11-9-14/h4-12H,3H2,1-2H3/b17-12-. The van der Waals surface area contributed by atoms with Crippen LogP contribution in [-0.4, -0.2) is 23.9 Å². The Kier molecular flexibility index (Phi) is 5.40. The van der Waals surface area contributed by atoms with Gasteiger partial charge in [-0.15, -0.1) is 0 Å². The van der Waals surface area contributed by atoms with Crippen molar-refractivity contribution in [2.24, 2.45) is 0 Å². The minimum absolute atomic E-state index is 0.133. The van der Waals surface area contributed by atoms with Crippen LogP contribution in [0.2, 0.25) is 0 Å². The van der Waals surface area contributed by atoms with Crippen LogP contribution < -0.4 is 14.4 Å². The number of benzene rings is 2. The SMILES string of the molecule is CCOc1ccccc1/C=C1\SC(=S)N(c2ccc(OC)cc2)C1=O. The Labute approximate surface area is 156 Å². The summed E-state index contributed by atoms with van der Waals surface area (Å²) in [4.78, 5) is 14.9. The zero-order chi connectivity index (χ0) is 17.8. The molecule has 2 aromatic carbocycles. The van der Waals surface area contributed by atoms with Crippen LogP contribution >= 0.6 is 24.0 Å². The van der Waals surface area contributed by atoms with Crippen LogP contribution in [0.25, 0.3) is 6.08 Å². The summed E-state index contributed by atoms with van der Waals surface area (Å²) in [5, 5.41) is 0. The minimum Gasteiger partial charge on any atom is -0.497 e. The molecule has 1 fully saturated rings. The Balaban J connectivity index is 1.90. The third-order valence-electron chi connectivity index (χ3n) is 3.63. The highest BCUT2D eigenvalue weighted by molar-refractivity contribution is 8.27. The van der Waals surface area contributed by atoms with Crippen molar-refractivity contribution in [3.8, 4) is 11.5 Å². The van der Waals surface area contributed by atoms with Crippen molar-refractivity contribution >= 4 is 46.0 Å². The third kappa shape index (κ3) is 3.70. The molecule has 2 aromatic rings. The van der Waals surface area contributed by atoms with E-state index in [9.17, 15) is 4.79 Å². The second-order valence-corrected chi connectivity index (χ2v) is 6.86. The molecule has 0 unspecified atom stereocenters. The number of hydrogen-bond donors (Lipinski definition) is 0. The average molecular weight is 371 g/mol.